The molecule has 30 heavy (non-hydrogen) atoms. The molecule has 5 atom stereocenters. The van der Waals surface area contributed by atoms with Gasteiger partial charge in [-0.3, -0.25) is 5.21 Å². The number of guanidine groups is 2. The highest BCUT2D eigenvalue weighted by molar-refractivity contribution is 5.91. The molecule has 162 valence electrons. The topological polar surface area (TPSA) is 170 Å². The Balaban J connectivity index is 1.75. The Morgan fingerprint density at radius 1 is 1.30 bits per heavy atom. The first kappa shape index (κ1) is 20.3. The van der Waals surface area contributed by atoms with Gasteiger partial charge < -0.3 is 31.3 Å². The SMILES string of the molecule is CC1(O)C(OC(=O)c2c(F)cccc2F)CN2C(N)=NC(CO)C3N=C(N)N(O)C321. The van der Waals surface area contributed by atoms with Gasteiger partial charge in [-0.2, -0.15) is 5.06 Å². The number of aliphatic hydroxyl groups excluding tert-OH is 1. The van der Waals surface area contributed by atoms with Gasteiger partial charge in [0.15, 0.2) is 12.1 Å². The zero-order valence-corrected chi connectivity index (χ0v) is 15.7. The van der Waals surface area contributed by atoms with Crippen LogP contribution in [0.2, 0.25) is 0 Å². The number of aliphatic imine (C=N–C) groups is 2. The van der Waals surface area contributed by atoms with Crippen LogP contribution in [-0.4, -0.2) is 85.9 Å². The van der Waals surface area contributed by atoms with Gasteiger partial charge in [0.05, 0.1) is 13.2 Å². The minimum atomic E-state index is -2.11. The van der Waals surface area contributed by atoms with Crippen molar-refractivity contribution in [3.05, 3.63) is 35.4 Å². The number of nitrogens with two attached hydrogens (primary N) is 2. The van der Waals surface area contributed by atoms with Crippen molar-refractivity contribution in [1.29, 1.82) is 0 Å². The highest BCUT2D eigenvalue weighted by Gasteiger charge is 2.75. The Morgan fingerprint density at radius 2 is 1.93 bits per heavy atom. The molecule has 4 rings (SSSR count). The van der Waals surface area contributed by atoms with Crippen LogP contribution >= 0.6 is 0 Å². The number of aliphatic hydroxyl groups is 2. The van der Waals surface area contributed by atoms with Crippen molar-refractivity contribution in [3.8, 4) is 0 Å². The second kappa shape index (κ2) is 6.48. The number of ether oxygens (including phenoxy) is 1. The quantitative estimate of drug-likeness (QED) is 0.355. The second-order valence-corrected chi connectivity index (χ2v) is 7.46. The first-order valence-corrected chi connectivity index (χ1v) is 8.98. The molecule has 7 N–H and O–H groups in total. The van der Waals surface area contributed by atoms with Gasteiger partial charge in [-0.05, 0) is 19.1 Å². The summed E-state index contributed by atoms with van der Waals surface area (Å²) in [7, 11) is 0. The van der Waals surface area contributed by atoms with E-state index in [4.69, 9.17) is 16.2 Å². The third kappa shape index (κ3) is 2.36. The molecule has 0 aliphatic carbocycles. The van der Waals surface area contributed by atoms with Crippen LogP contribution < -0.4 is 11.5 Å². The van der Waals surface area contributed by atoms with Gasteiger partial charge in [0.1, 0.15) is 34.9 Å². The maximum absolute atomic E-state index is 14.0. The van der Waals surface area contributed by atoms with Crippen molar-refractivity contribution in [2.75, 3.05) is 13.2 Å². The van der Waals surface area contributed by atoms with E-state index in [0.717, 1.165) is 18.2 Å². The normalized spacial score (nSPS) is 34.9. The predicted octanol–water partition coefficient (Wildman–Crippen LogP) is -1.67. The maximum atomic E-state index is 14.0. The van der Waals surface area contributed by atoms with Crippen LogP contribution in [0, 0.1) is 11.6 Å². The number of carbonyl (C=O) groups is 1. The molecule has 3 heterocycles. The molecular formula is C17H20F2N6O5. The molecule has 1 spiro atoms. The fourth-order valence-corrected chi connectivity index (χ4v) is 4.47. The van der Waals surface area contributed by atoms with Gasteiger partial charge in [0.2, 0.25) is 11.6 Å². The Labute approximate surface area is 168 Å². The lowest BCUT2D eigenvalue weighted by molar-refractivity contribution is -0.228. The number of rotatable bonds is 3. The average molecular weight is 426 g/mol. The molecular weight excluding hydrogens is 406 g/mol. The summed E-state index contributed by atoms with van der Waals surface area (Å²) < 4.78 is 33.2. The number of hydroxylamine groups is 2. The molecule has 1 fully saturated rings. The van der Waals surface area contributed by atoms with Gasteiger partial charge in [-0.15, -0.1) is 0 Å². The van der Waals surface area contributed by atoms with E-state index in [9.17, 15) is 29.0 Å². The van der Waals surface area contributed by atoms with Crippen LogP contribution in [0.25, 0.3) is 0 Å². The van der Waals surface area contributed by atoms with Crippen molar-refractivity contribution in [1.82, 2.24) is 9.96 Å². The summed E-state index contributed by atoms with van der Waals surface area (Å²) in [5.74, 6) is -4.17. The van der Waals surface area contributed by atoms with E-state index in [-0.39, 0.29) is 18.5 Å². The van der Waals surface area contributed by atoms with E-state index in [1.54, 1.807) is 0 Å². The Morgan fingerprint density at radius 3 is 2.53 bits per heavy atom. The summed E-state index contributed by atoms with van der Waals surface area (Å²) in [4.78, 5) is 22.0. The number of benzene rings is 1. The maximum Gasteiger partial charge on any atom is 0.344 e. The molecule has 1 aromatic rings. The third-order valence-electron chi connectivity index (χ3n) is 5.90. The van der Waals surface area contributed by atoms with Crippen molar-refractivity contribution in [3.63, 3.8) is 0 Å². The van der Waals surface area contributed by atoms with Crippen LogP contribution in [-0.2, 0) is 4.74 Å². The van der Waals surface area contributed by atoms with E-state index < -0.39 is 59.2 Å². The van der Waals surface area contributed by atoms with E-state index >= 15 is 0 Å². The number of nitrogens with zero attached hydrogens (tertiary/aromatic N) is 4. The van der Waals surface area contributed by atoms with Crippen molar-refractivity contribution >= 4 is 17.9 Å². The Bertz CT molecular complexity index is 952. The van der Waals surface area contributed by atoms with Gasteiger partial charge in [-0.1, -0.05) is 6.07 Å². The standard InChI is InChI=1S/C17H20F2N6O5/c1-16(28)10(30-13(27)11-7(18)3-2-4-8(11)19)5-24-14(20)22-9(6-26)12-17(16,24)25(29)15(21)23-12/h2-4,9-10,12,26,28-29H,5-6H2,1H3,(H2,20,22)(H2,21,23). The highest BCUT2D eigenvalue weighted by atomic mass is 19.1. The van der Waals surface area contributed by atoms with Crippen LogP contribution in [0.5, 0.6) is 0 Å². The summed E-state index contributed by atoms with van der Waals surface area (Å²) >= 11 is 0. The number of carbonyl (C=O) groups excluding carboxylic acids is 1. The fourth-order valence-electron chi connectivity index (χ4n) is 4.47. The number of esters is 1. The van der Waals surface area contributed by atoms with Crippen LogP contribution in [0.15, 0.2) is 28.2 Å². The number of hydrogen-bond donors (Lipinski definition) is 5. The molecule has 1 aromatic carbocycles. The molecule has 13 heteroatoms. The molecule has 0 aromatic heterocycles. The van der Waals surface area contributed by atoms with E-state index in [1.807, 2.05) is 0 Å². The lowest BCUT2D eigenvalue weighted by atomic mass is 9.79. The van der Waals surface area contributed by atoms with Crippen LogP contribution in [0.3, 0.4) is 0 Å². The van der Waals surface area contributed by atoms with Gasteiger partial charge in [0, 0.05) is 0 Å². The molecule has 3 aliphatic heterocycles. The van der Waals surface area contributed by atoms with E-state index in [0.29, 0.717) is 5.06 Å². The summed E-state index contributed by atoms with van der Waals surface area (Å²) in [6, 6.07) is 0.834. The first-order chi connectivity index (χ1) is 14.1. The monoisotopic (exact) mass is 426 g/mol. The molecule has 0 bridgehead atoms. The molecule has 0 saturated carbocycles. The highest BCUT2D eigenvalue weighted by Crippen LogP contribution is 2.50. The van der Waals surface area contributed by atoms with Crippen molar-refractivity contribution in [2.24, 2.45) is 21.5 Å². The third-order valence-corrected chi connectivity index (χ3v) is 5.90. The zero-order chi connectivity index (χ0) is 22.0. The molecule has 3 aliphatic rings. The van der Waals surface area contributed by atoms with Crippen molar-refractivity contribution < 1.29 is 33.7 Å². The van der Waals surface area contributed by atoms with Gasteiger partial charge in [0.25, 0.3) is 0 Å². The smallest absolute Gasteiger partial charge is 0.344 e. The summed E-state index contributed by atoms with van der Waals surface area (Å²) in [6.07, 6.45) is -1.42. The zero-order valence-electron chi connectivity index (χ0n) is 15.7. The summed E-state index contributed by atoms with van der Waals surface area (Å²) in [5, 5.41) is 32.3. The van der Waals surface area contributed by atoms with Crippen LogP contribution in [0.1, 0.15) is 17.3 Å². The minimum absolute atomic E-state index is 0.176. The Kier molecular flexibility index (Phi) is 4.38. The lowest BCUT2D eigenvalue weighted by Gasteiger charge is -2.51. The molecule has 0 amide bonds. The molecule has 5 unspecified atom stereocenters. The minimum Gasteiger partial charge on any atom is -0.453 e. The number of halogens is 2. The molecule has 11 nitrogen and oxygen atoms in total. The summed E-state index contributed by atoms with van der Waals surface area (Å²) in [6.45, 7) is 0.422. The second-order valence-electron chi connectivity index (χ2n) is 7.46. The van der Waals surface area contributed by atoms with Crippen LogP contribution in [0.4, 0.5) is 8.78 Å². The molecule has 0 radical (unpaired) electrons. The van der Waals surface area contributed by atoms with E-state index in [2.05, 4.69) is 9.98 Å². The molecule has 1 saturated heterocycles. The summed E-state index contributed by atoms with van der Waals surface area (Å²) in [5.41, 5.74) is 6.84. The van der Waals surface area contributed by atoms with Gasteiger partial charge in [-0.25, -0.2) is 23.6 Å². The largest absolute Gasteiger partial charge is 0.453 e. The Hall–Kier alpha value is -3.03. The average Bonchev–Trinajstić information content (AvgIpc) is 3.08. The number of hydrogen-bond acceptors (Lipinski definition) is 11. The lowest BCUT2D eigenvalue weighted by Crippen LogP contribution is -2.76. The van der Waals surface area contributed by atoms with Gasteiger partial charge >= 0.3 is 5.97 Å². The fraction of sp³-hybridized carbons (Fsp3) is 0.471. The van der Waals surface area contributed by atoms with Crippen molar-refractivity contribution in [2.45, 2.75) is 36.4 Å². The van der Waals surface area contributed by atoms with E-state index in [1.165, 1.54) is 11.8 Å². The predicted molar refractivity (Wildman–Crippen MR) is 97.2 cm³/mol. The first-order valence-electron chi connectivity index (χ1n) is 8.98.